The van der Waals surface area contributed by atoms with Crippen LogP contribution < -0.4 is 14.8 Å². The molecule has 0 unspecified atom stereocenters. The van der Waals surface area contributed by atoms with E-state index in [4.69, 9.17) is 14.2 Å². The number of hydrogen-bond acceptors (Lipinski definition) is 7. The Hall–Kier alpha value is -2.54. The van der Waals surface area contributed by atoms with Crippen molar-refractivity contribution in [3.05, 3.63) is 29.8 Å². The van der Waals surface area contributed by atoms with Gasteiger partial charge in [-0.05, 0) is 24.5 Å². The number of hydrogen-bond donors (Lipinski definition) is 1. The third-order valence-corrected chi connectivity index (χ3v) is 8.52. The third-order valence-electron chi connectivity index (χ3n) is 8.52. The predicted octanol–water partition coefficient (Wildman–Crippen LogP) is 1.90. The Morgan fingerprint density at radius 3 is 2.77 bits per heavy atom. The van der Waals surface area contributed by atoms with Crippen LogP contribution in [0.3, 0.4) is 0 Å². The van der Waals surface area contributed by atoms with Crippen LogP contribution >= 0.6 is 0 Å². The lowest BCUT2D eigenvalue weighted by atomic mass is 9.42. The highest BCUT2D eigenvalue weighted by Crippen LogP contribution is 2.72. The molecule has 3 heterocycles. The SMILES string of the molecule is COC(=O)[C@]12CC[C@]34C=CCN5C[C@H](C(=O)C3)[C@@]1(c1ccc(OC)c(OC)c1N2)[C@@H]54. The topological polar surface area (TPSA) is 77.1 Å². The minimum absolute atomic E-state index is 0.0670. The summed E-state index contributed by atoms with van der Waals surface area (Å²) in [6.45, 7) is 1.47. The van der Waals surface area contributed by atoms with Gasteiger partial charge in [-0.25, -0.2) is 4.79 Å². The Bertz CT molecular complexity index is 1020. The molecule has 3 fully saturated rings. The normalized spacial score (nSPS) is 39.8. The van der Waals surface area contributed by atoms with Gasteiger partial charge in [0.25, 0.3) is 0 Å². The van der Waals surface area contributed by atoms with Crippen LogP contribution in [0.2, 0.25) is 0 Å². The van der Waals surface area contributed by atoms with Gasteiger partial charge in [0.2, 0.25) is 0 Å². The van der Waals surface area contributed by atoms with Crippen molar-refractivity contribution in [2.75, 3.05) is 39.7 Å². The molecule has 0 amide bonds. The zero-order valence-corrected chi connectivity index (χ0v) is 17.5. The number of nitrogens with one attached hydrogen (secondary N) is 1. The number of anilines is 1. The Kier molecular flexibility index (Phi) is 3.39. The summed E-state index contributed by atoms with van der Waals surface area (Å²) in [6.07, 6.45) is 6.39. The fourth-order valence-corrected chi connectivity index (χ4v) is 7.73. The first-order valence-electron chi connectivity index (χ1n) is 10.6. The molecule has 2 aliphatic carbocycles. The number of benzene rings is 1. The monoisotopic (exact) mass is 410 g/mol. The van der Waals surface area contributed by atoms with Crippen LogP contribution in [0.15, 0.2) is 24.3 Å². The number of ketones is 1. The highest BCUT2D eigenvalue weighted by molar-refractivity contribution is 5.99. The molecule has 6 rings (SSSR count). The third kappa shape index (κ3) is 1.67. The summed E-state index contributed by atoms with van der Waals surface area (Å²) in [4.78, 5) is 29.5. The summed E-state index contributed by atoms with van der Waals surface area (Å²) in [7, 11) is 4.64. The summed E-state index contributed by atoms with van der Waals surface area (Å²) in [6, 6.07) is 3.98. The van der Waals surface area contributed by atoms with E-state index >= 15 is 0 Å². The predicted molar refractivity (Wildman–Crippen MR) is 109 cm³/mol. The summed E-state index contributed by atoms with van der Waals surface area (Å²) in [5, 5.41) is 3.57. The van der Waals surface area contributed by atoms with Crippen LogP contribution in [-0.4, -0.2) is 62.7 Å². The average Bonchev–Trinajstić information content (AvgIpc) is 3.25. The Balaban J connectivity index is 1.72. The molecule has 4 bridgehead atoms. The van der Waals surface area contributed by atoms with Gasteiger partial charge in [-0.3, -0.25) is 9.69 Å². The van der Waals surface area contributed by atoms with Crippen molar-refractivity contribution in [3.8, 4) is 11.5 Å². The van der Waals surface area contributed by atoms with Gasteiger partial charge in [0.05, 0.1) is 32.4 Å². The molecule has 0 radical (unpaired) electrons. The lowest BCUT2D eigenvalue weighted by Gasteiger charge is -2.62. The highest BCUT2D eigenvalue weighted by Gasteiger charge is 2.81. The van der Waals surface area contributed by atoms with Gasteiger partial charge in [0.15, 0.2) is 11.5 Å². The first-order valence-corrected chi connectivity index (χ1v) is 10.6. The molecular formula is C23H26N2O5. The second kappa shape index (κ2) is 5.58. The molecule has 2 saturated carbocycles. The van der Waals surface area contributed by atoms with Gasteiger partial charge in [0.1, 0.15) is 11.3 Å². The van der Waals surface area contributed by atoms with Gasteiger partial charge >= 0.3 is 5.97 Å². The average molecular weight is 410 g/mol. The minimum Gasteiger partial charge on any atom is -0.493 e. The van der Waals surface area contributed by atoms with E-state index in [2.05, 4.69) is 22.4 Å². The van der Waals surface area contributed by atoms with Gasteiger partial charge < -0.3 is 19.5 Å². The lowest BCUT2D eigenvalue weighted by Crippen LogP contribution is -2.75. The second-order valence-electron chi connectivity index (χ2n) is 9.30. The standard InChI is InChI=1S/C23H26N2O5/c1-28-16-6-5-13-17(18(16)29-2)24-22(20(27)30-3)9-8-21-7-4-10-25-12-14(15(26)11-21)23(13,22)19(21)25/h4-7,14,19,24H,8-12H2,1-3H3/t14-,19+,21-,22-,23+/m1/s1. The van der Waals surface area contributed by atoms with Gasteiger partial charge in [-0.15, -0.1) is 0 Å². The van der Waals surface area contributed by atoms with E-state index in [1.807, 2.05) is 12.1 Å². The van der Waals surface area contributed by atoms with Crippen molar-refractivity contribution in [2.45, 2.75) is 36.3 Å². The van der Waals surface area contributed by atoms with E-state index in [0.717, 1.165) is 24.2 Å². The van der Waals surface area contributed by atoms with Crippen LogP contribution in [-0.2, 0) is 19.7 Å². The molecule has 7 nitrogen and oxygen atoms in total. The summed E-state index contributed by atoms with van der Waals surface area (Å²) in [5.41, 5.74) is -0.188. The molecule has 3 aliphatic heterocycles. The van der Waals surface area contributed by atoms with Crippen molar-refractivity contribution in [1.29, 1.82) is 0 Å². The van der Waals surface area contributed by atoms with Crippen LogP contribution in [0.4, 0.5) is 5.69 Å². The van der Waals surface area contributed by atoms with E-state index in [1.165, 1.54) is 7.11 Å². The van der Waals surface area contributed by atoms with E-state index in [-0.39, 0.29) is 29.1 Å². The Labute approximate surface area is 175 Å². The van der Waals surface area contributed by atoms with Crippen LogP contribution in [0.25, 0.3) is 0 Å². The molecule has 1 saturated heterocycles. The van der Waals surface area contributed by atoms with Crippen LogP contribution in [0.5, 0.6) is 11.5 Å². The molecule has 0 aromatic heterocycles. The number of carbonyl (C=O) groups is 2. The van der Waals surface area contributed by atoms with E-state index in [0.29, 0.717) is 30.9 Å². The largest absolute Gasteiger partial charge is 0.493 e. The maximum atomic E-state index is 13.6. The van der Waals surface area contributed by atoms with E-state index in [1.54, 1.807) is 14.2 Å². The first kappa shape index (κ1) is 18.2. The number of ether oxygens (including phenoxy) is 3. The minimum atomic E-state index is -1.00. The van der Waals surface area contributed by atoms with Gasteiger partial charge in [-0.1, -0.05) is 18.2 Å². The molecule has 30 heavy (non-hydrogen) atoms. The van der Waals surface area contributed by atoms with E-state index in [9.17, 15) is 9.59 Å². The molecule has 1 aromatic rings. The van der Waals surface area contributed by atoms with Crippen molar-refractivity contribution in [2.24, 2.45) is 11.3 Å². The number of nitrogens with zero attached hydrogens (tertiary/aromatic N) is 1. The van der Waals surface area contributed by atoms with Gasteiger partial charge in [0, 0.05) is 36.9 Å². The maximum Gasteiger partial charge on any atom is 0.332 e. The number of fused-ring (bicyclic) bond motifs is 1. The Morgan fingerprint density at radius 2 is 2.03 bits per heavy atom. The van der Waals surface area contributed by atoms with Gasteiger partial charge in [-0.2, -0.15) is 0 Å². The fourth-order valence-electron chi connectivity index (χ4n) is 7.73. The van der Waals surface area contributed by atoms with Crippen molar-refractivity contribution < 1.29 is 23.8 Å². The number of esters is 1. The lowest BCUT2D eigenvalue weighted by molar-refractivity contribution is -0.159. The number of rotatable bonds is 3. The molecule has 7 heteroatoms. The number of methoxy groups -OCH3 is 3. The first-order chi connectivity index (χ1) is 14.5. The molecular weight excluding hydrogens is 384 g/mol. The van der Waals surface area contributed by atoms with Crippen molar-refractivity contribution in [1.82, 2.24) is 4.90 Å². The fraction of sp³-hybridized carbons (Fsp3) is 0.565. The molecule has 1 N–H and O–H groups in total. The molecule has 158 valence electrons. The van der Waals surface area contributed by atoms with E-state index < -0.39 is 11.0 Å². The molecule has 1 spiro atoms. The number of Topliss-reactive ketones (excluding diaryl/α,β-unsaturated/α-hetero) is 1. The highest BCUT2D eigenvalue weighted by atomic mass is 16.5. The zero-order chi connectivity index (χ0) is 20.9. The zero-order valence-electron chi connectivity index (χ0n) is 17.5. The summed E-state index contributed by atoms with van der Waals surface area (Å²) < 4.78 is 16.7. The quantitative estimate of drug-likeness (QED) is 0.602. The molecule has 1 aromatic carbocycles. The Morgan fingerprint density at radius 1 is 1.20 bits per heavy atom. The summed E-state index contributed by atoms with van der Waals surface area (Å²) >= 11 is 0. The number of carbonyl (C=O) groups excluding carboxylic acids is 2. The van der Waals surface area contributed by atoms with Crippen LogP contribution in [0.1, 0.15) is 24.8 Å². The van der Waals surface area contributed by atoms with Crippen molar-refractivity contribution in [3.63, 3.8) is 0 Å². The van der Waals surface area contributed by atoms with Crippen molar-refractivity contribution >= 4 is 17.4 Å². The molecule has 5 aliphatic rings. The molecule has 5 atom stereocenters. The smallest absolute Gasteiger partial charge is 0.332 e. The maximum absolute atomic E-state index is 13.6. The van der Waals surface area contributed by atoms with Crippen LogP contribution in [0, 0.1) is 11.3 Å². The summed E-state index contributed by atoms with van der Waals surface area (Å²) in [5.74, 6) is 0.858. The second-order valence-corrected chi connectivity index (χ2v) is 9.30.